The summed E-state index contributed by atoms with van der Waals surface area (Å²) >= 11 is 1.91. The number of hydrogen-bond acceptors (Lipinski definition) is 1. The van der Waals surface area contributed by atoms with Crippen LogP contribution in [0.25, 0.3) is 30.9 Å². The van der Waals surface area contributed by atoms with Crippen LogP contribution in [0.5, 0.6) is 0 Å². The standard InChI is InChI=1S/C17H12S/c1-11-10-12-6-2-3-7-13(12)17-16(11)14-8-4-5-9-15(14)18-17/h2-10H,1H3. The van der Waals surface area contributed by atoms with Crippen LogP contribution >= 0.6 is 11.3 Å². The third-order valence-electron chi connectivity index (χ3n) is 3.57. The molecule has 1 heteroatoms. The van der Waals surface area contributed by atoms with E-state index in [1.807, 2.05) is 11.3 Å². The van der Waals surface area contributed by atoms with Gasteiger partial charge in [0.15, 0.2) is 0 Å². The summed E-state index contributed by atoms with van der Waals surface area (Å²) in [6.07, 6.45) is 0. The van der Waals surface area contributed by atoms with E-state index < -0.39 is 0 Å². The smallest absolute Gasteiger partial charge is 0.0436 e. The van der Waals surface area contributed by atoms with Crippen molar-refractivity contribution in [3.8, 4) is 0 Å². The topological polar surface area (TPSA) is 0 Å². The Morgan fingerprint density at radius 3 is 2.44 bits per heavy atom. The predicted octanol–water partition coefficient (Wildman–Crippen LogP) is 5.52. The van der Waals surface area contributed by atoms with E-state index in [4.69, 9.17) is 0 Å². The molecule has 0 saturated carbocycles. The zero-order valence-corrected chi connectivity index (χ0v) is 10.9. The maximum atomic E-state index is 2.30. The molecule has 0 aliphatic carbocycles. The number of rotatable bonds is 0. The van der Waals surface area contributed by atoms with Crippen LogP contribution < -0.4 is 0 Å². The van der Waals surface area contributed by atoms with E-state index in [1.54, 1.807) is 0 Å². The van der Waals surface area contributed by atoms with Crippen molar-refractivity contribution in [3.05, 3.63) is 60.2 Å². The molecule has 0 fully saturated rings. The van der Waals surface area contributed by atoms with Gasteiger partial charge in [-0.2, -0.15) is 0 Å². The van der Waals surface area contributed by atoms with E-state index in [-0.39, 0.29) is 0 Å². The van der Waals surface area contributed by atoms with Gasteiger partial charge in [0, 0.05) is 20.2 Å². The van der Waals surface area contributed by atoms with Crippen LogP contribution in [0.2, 0.25) is 0 Å². The Bertz CT molecular complexity index is 884. The fraction of sp³-hybridized carbons (Fsp3) is 0.0588. The van der Waals surface area contributed by atoms with Gasteiger partial charge in [0.05, 0.1) is 0 Å². The number of fused-ring (bicyclic) bond motifs is 5. The molecule has 3 aromatic carbocycles. The Morgan fingerprint density at radius 1 is 0.833 bits per heavy atom. The highest BCUT2D eigenvalue weighted by Crippen LogP contribution is 2.39. The Hall–Kier alpha value is -1.86. The molecule has 0 N–H and O–H groups in total. The van der Waals surface area contributed by atoms with Gasteiger partial charge in [-0.05, 0) is 29.3 Å². The van der Waals surface area contributed by atoms with Gasteiger partial charge < -0.3 is 0 Å². The first-order valence-corrected chi connectivity index (χ1v) is 6.96. The summed E-state index contributed by atoms with van der Waals surface area (Å²) in [6.45, 7) is 2.22. The molecule has 0 radical (unpaired) electrons. The minimum Gasteiger partial charge on any atom is -0.135 e. The number of aryl methyl sites for hydroxylation is 1. The maximum absolute atomic E-state index is 2.30. The normalized spacial score (nSPS) is 11.6. The molecule has 0 aliphatic heterocycles. The summed E-state index contributed by atoms with van der Waals surface area (Å²) in [5.74, 6) is 0. The summed E-state index contributed by atoms with van der Waals surface area (Å²) in [5.41, 5.74) is 1.38. The number of benzene rings is 3. The molecule has 0 saturated heterocycles. The summed E-state index contributed by atoms with van der Waals surface area (Å²) in [4.78, 5) is 0. The van der Waals surface area contributed by atoms with Crippen molar-refractivity contribution in [3.63, 3.8) is 0 Å². The molecule has 1 heterocycles. The Morgan fingerprint density at radius 2 is 1.56 bits per heavy atom. The summed E-state index contributed by atoms with van der Waals surface area (Å²) in [7, 11) is 0. The fourth-order valence-electron chi connectivity index (χ4n) is 2.76. The highest BCUT2D eigenvalue weighted by Gasteiger charge is 2.10. The molecule has 86 valence electrons. The first kappa shape index (κ1) is 10.1. The zero-order valence-electron chi connectivity index (χ0n) is 10.1. The maximum Gasteiger partial charge on any atom is 0.0436 e. The third kappa shape index (κ3) is 1.25. The molecule has 0 spiro atoms. The first-order valence-electron chi connectivity index (χ1n) is 6.14. The molecule has 0 nitrogen and oxygen atoms in total. The molecule has 18 heavy (non-hydrogen) atoms. The first-order chi connectivity index (χ1) is 8.84. The fourth-order valence-corrected chi connectivity index (χ4v) is 4.08. The molecule has 0 bridgehead atoms. The lowest BCUT2D eigenvalue weighted by Crippen LogP contribution is -1.78. The van der Waals surface area contributed by atoms with Gasteiger partial charge in [0.2, 0.25) is 0 Å². The lowest BCUT2D eigenvalue weighted by atomic mass is 10.0. The molecule has 1 aromatic heterocycles. The van der Waals surface area contributed by atoms with Crippen LogP contribution in [0.1, 0.15) is 5.56 Å². The van der Waals surface area contributed by atoms with Crippen LogP contribution in [-0.2, 0) is 0 Å². The van der Waals surface area contributed by atoms with Crippen molar-refractivity contribution < 1.29 is 0 Å². The van der Waals surface area contributed by atoms with Gasteiger partial charge in [0.25, 0.3) is 0 Å². The van der Waals surface area contributed by atoms with Crippen LogP contribution in [0, 0.1) is 6.92 Å². The van der Waals surface area contributed by atoms with Gasteiger partial charge >= 0.3 is 0 Å². The van der Waals surface area contributed by atoms with Gasteiger partial charge in [-0.15, -0.1) is 11.3 Å². The third-order valence-corrected chi connectivity index (χ3v) is 4.77. The molecular formula is C17H12S. The SMILES string of the molecule is Cc1cc2ccccc2c2sc3ccccc3c12. The zero-order chi connectivity index (χ0) is 12.1. The van der Waals surface area contributed by atoms with Crippen molar-refractivity contribution >= 4 is 42.3 Å². The number of thiophene rings is 1. The minimum atomic E-state index is 1.34. The Labute approximate surface area is 109 Å². The monoisotopic (exact) mass is 248 g/mol. The molecule has 0 atom stereocenters. The van der Waals surface area contributed by atoms with Gasteiger partial charge in [0.1, 0.15) is 0 Å². The van der Waals surface area contributed by atoms with Crippen LogP contribution in [-0.4, -0.2) is 0 Å². The van der Waals surface area contributed by atoms with Crippen molar-refractivity contribution in [2.24, 2.45) is 0 Å². The van der Waals surface area contributed by atoms with E-state index in [9.17, 15) is 0 Å². The average Bonchev–Trinajstić information content (AvgIpc) is 2.79. The molecule has 0 unspecified atom stereocenters. The summed E-state index contributed by atoms with van der Waals surface area (Å²) in [5, 5.41) is 5.53. The van der Waals surface area contributed by atoms with E-state index in [0.717, 1.165) is 0 Å². The van der Waals surface area contributed by atoms with Crippen LogP contribution in [0.15, 0.2) is 54.6 Å². The van der Waals surface area contributed by atoms with Crippen LogP contribution in [0.4, 0.5) is 0 Å². The Balaban J connectivity index is 2.38. The molecule has 4 rings (SSSR count). The van der Waals surface area contributed by atoms with E-state index in [1.165, 1.54) is 36.5 Å². The van der Waals surface area contributed by atoms with Crippen molar-refractivity contribution in [2.75, 3.05) is 0 Å². The van der Waals surface area contributed by atoms with Crippen molar-refractivity contribution in [1.29, 1.82) is 0 Å². The quantitative estimate of drug-likeness (QED) is 0.384. The predicted molar refractivity (Wildman–Crippen MR) is 81.6 cm³/mol. The second-order valence-electron chi connectivity index (χ2n) is 4.72. The lowest BCUT2D eigenvalue weighted by molar-refractivity contribution is 1.58. The van der Waals surface area contributed by atoms with Crippen molar-refractivity contribution in [1.82, 2.24) is 0 Å². The lowest BCUT2D eigenvalue weighted by Gasteiger charge is -2.03. The van der Waals surface area contributed by atoms with Gasteiger partial charge in [-0.25, -0.2) is 0 Å². The molecule has 0 amide bonds. The largest absolute Gasteiger partial charge is 0.135 e. The second-order valence-corrected chi connectivity index (χ2v) is 5.77. The van der Waals surface area contributed by atoms with E-state index in [0.29, 0.717) is 0 Å². The van der Waals surface area contributed by atoms with Crippen LogP contribution in [0.3, 0.4) is 0 Å². The van der Waals surface area contributed by atoms with Gasteiger partial charge in [-0.1, -0.05) is 48.5 Å². The van der Waals surface area contributed by atoms with Crippen molar-refractivity contribution in [2.45, 2.75) is 6.92 Å². The molecular weight excluding hydrogens is 236 g/mol. The highest BCUT2D eigenvalue weighted by molar-refractivity contribution is 7.26. The van der Waals surface area contributed by atoms with E-state index >= 15 is 0 Å². The minimum absolute atomic E-state index is 1.34. The van der Waals surface area contributed by atoms with Gasteiger partial charge in [-0.3, -0.25) is 0 Å². The second kappa shape index (κ2) is 3.56. The highest BCUT2D eigenvalue weighted by atomic mass is 32.1. The number of hydrogen-bond donors (Lipinski definition) is 0. The molecule has 0 aliphatic rings. The summed E-state index contributed by atoms with van der Waals surface area (Å²) < 4.78 is 2.80. The van der Waals surface area contributed by atoms with E-state index in [2.05, 4.69) is 61.5 Å². The average molecular weight is 248 g/mol. The molecule has 4 aromatic rings. The summed E-state index contributed by atoms with van der Waals surface area (Å²) in [6, 6.07) is 19.7. The Kier molecular flexibility index (Phi) is 2.00.